The molecule has 18 heavy (non-hydrogen) atoms. The van der Waals surface area contributed by atoms with Crippen LogP contribution in [-0.4, -0.2) is 22.6 Å². The third-order valence-electron chi connectivity index (χ3n) is 2.42. The van der Waals surface area contributed by atoms with Crippen molar-refractivity contribution in [1.82, 2.24) is 0 Å². The standard InChI is InChI=1S/C14H18O4/c1-9(12(15)16)10-7-5-6-8-11(10)13(17)18-14(2,3)4/h5-9H,1-4H3,(H,15,16). The van der Waals surface area contributed by atoms with E-state index in [-0.39, 0.29) is 0 Å². The Morgan fingerprint density at radius 2 is 1.78 bits per heavy atom. The highest BCUT2D eigenvalue weighted by Crippen LogP contribution is 2.22. The number of aliphatic carboxylic acids is 1. The molecule has 4 nitrogen and oxygen atoms in total. The minimum absolute atomic E-state index is 0.308. The van der Waals surface area contributed by atoms with E-state index in [1.807, 2.05) is 0 Å². The van der Waals surface area contributed by atoms with Crippen LogP contribution in [0, 0.1) is 0 Å². The van der Waals surface area contributed by atoms with Gasteiger partial charge in [0.2, 0.25) is 0 Å². The van der Waals surface area contributed by atoms with Crippen LogP contribution in [0.15, 0.2) is 24.3 Å². The van der Waals surface area contributed by atoms with Crippen LogP contribution >= 0.6 is 0 Å². The van der Waals surface area contributed by atoms with Crippen molar-refractivity contribution in [3.63, 3.8) is 0 Å². The smallest absolute Gasteiger partial charge is 0.338 e. The van der Waals surface area contributed by atoms with Gasteiger partial charge in [-0.25, -0.2) is 4.79 Å². The topological polar surface area (TPSA) is 63.6 Å². The zero-order valence-corrected chi connectivity index (χ0v) is 11.1. The molecule has 0 aromatic heterocycles. The highest BCUT2D eigenvalue weighted by atomic mass is 16.6. The first-order valence-corrected chi connectivity index (χ1v) is 5.77. The minimum Gasteiger partial charge on any atom is -0.481 e. The Morgan fingerprint density at radius 1 is 1.22 bits per heavy atom. The van der Waals surface area contributed by atoms with Gasteiger partial charge in [-0.1, -0.05) is 18.2 Å². The lowest BCUT2D eigenvalue weighted by Crippen LogP contribution is -2.25. The number of carboxylic acid groups (broad SMARTS) is 1. The van der Waals surface area contributed by atoms with Crippen molar-refractivity contribution in [2.75, 3.05) is 0 Å². The van der Waals surface area contributed by atoms with E-state index in [1.54, 1.807) is 52.0 Å². The Hall–Kier alpha value is -1.84. The van der Waals surface area contributed by atoms with Crippen LogP contribution < -0.4 is 0 Å². The number of carboxylic acids is 1. The summed E-state index contributed by atoms with van der Waals surface area (Å²) >= 11 is 0. The van der Waals surface area contributed by atoms with Crippen molar-refractivity contribution in [3.05, 3.63) is 35.4 Å². The van der Waals surface area contributed by atoms with Crippen LogP contribution in [0.2, 0.25) is 0 Å². The van der Waals surface area contributed by atoms with E-state index >= 15 is 0 Å². The maximum Gasteiger partial charge on any atom is 0.338 e. The molecule has 0 aliphatic carbocycles. The zero-order chi connectivity index (χ0) is 13.9. The lowest BCUT2D eigenvalue weighted by atomic mass is 9.96. The number of rotatable bonds is 3. The van der Waals surface area contributed by atoms with Crippen molar-refractivity contribution in [2.45, 2.75) is 39.2 Å². The zero-order valence-electron chi connectivity index (χ0n) is 11.1. The summed E-state index contributed by atoms with van der Waals surface area (Å²) in [5, 5.41) is 9.02. The van der Waals surface area contributed by atoms with Crippen LogP contribution in [0.1, 0.15) is 49.5 Å². The molecule has 1 unspecified atom stereocenters. The highest BCUT2D eigenvalue weighted by molar-refractivity contribution is 5.93. The Morgan fingerprint density at radius 3 is 2.28 bits per heavy atom. The van der Waals surface area contributed by atoms with Gasteiger partial charge in [0.05, 0.1) is 11.5 Å². The number of hydrogen-bond acceptors (Lipinski definition) is 3. The molecule has 0 heterocycles. The van der Waals surface area contributed by atoms with Crippen molar-refractivity contribution < 1.29 is 19.4 Å². The van der Waals surface area contributed by atoms with Crippen LogP contribution in [0.25, 0.3) is 0 Å². The fraction of sp³-hybridized carbons (Fsp3) is 0.429. The molecule has 0 bridgehead atoms. The number of hydrogen-bond donors (Lipinski definition) is 1. The Kier molecular flexibility index (Phi) is 4.11. The van der Waals surface area contributed by atoms with Gasteiger partial charge in [0.1, 0.15) is 5.60 Å². The molecule has 0 saturated heterocycles. The van der Waals surface area contributed by atoms with E-state index in [9.17, 15) is 9.59 Å². The van der Waals surface area contributed by atoms with Crippen molar-refractivity contribution in [1.29, 1.82) is 0 Å². The monoisotopic (exact) mass is 250 g/mol. The third kappa shape index (κ3) is 3.58. The van der Waals surface area contributed by atoms with E-state index < -0.39 is 23.5 Å². The van der Waals surface area contributed by atoms with E-state index in [4.69, 9.17) is 9.84 Å². The summed E-state index contributed by atoms with van der Waals surface area (Å²) < 4.78 is 5.26. The van der Waals surface area contributed by atoms with Crippen molar-refractivity contribution in [3.8, 4) is 0 Å². The van der Waals surface area contributed by atoms with Gasteiger partial charge in [-0.3, -0.25) is 4.79 Å². The van der Waals surface area contributed by atoms with Gasteiger partial charge in [-0.2, -0.15) is 0 Å². The highest BCUT2D eigenvalue weighted by Gasteiger charge is 2.24. The average molecular weight is 250 g/mol. The second-order valence-corrected chi connectivity index (χ2v) is 5.15. The van der Waals surface area contributed by atoms with Gasteiger partial charge < -0.3 is 9.84 Å². The molecule has 0 amide bonds. The Bertz CT molecular complexity index is 457. The first-order chi connectivity index (χ1) is 8.22. The molecule has 1 aromatic carbocycles. The molecule has 0 aliphatic rings. The van der Waals surface area contributed by atoms with E-state index in [2.05, 4.69) is 0 Å². The van der Waals surface area contributed by atoms with Crippen molar-refractivity contribution in [2.24, 2.45) is 0 Å². The summed E-state index contributed by atoms with van der Waals surface area (Å²) in [5.74, 6) is -2.20. The van der Waals surface area contributed by atoms with Crippen molar-refractivity contribution >= 4 is 11.9 Å². The summed E-state index contributed by atoms with van der Waals surface area (Å²) in [7, 11) is 0. The Labute approximate surface area is 107 Å². The number of esters is 1. The predicted molar refractivity (Wildman–Crippen MR) is 67.7 cm³/mol. The molecule has 1 N–H and O–H groups in total. The van der Waals surface area contributed by atoms with Gasteiger partial charge in [-0.05, 0) is 39.3 Å². The molecule has 98 valence electrons. The predicted octanol–water partition coefficient (Wildman–Crippen LogP) is 2.83. The normalized spacial score (nSPS) is 12.9. The summed E-state index contributed by atoms with van der Waals surface area (Å²) in [6.45, 7) is 6.86. The Balaban J connectivity index is 3.10. The first-order valence-electron chi connectivity index (χ1n) is 5.77. The maximum atomic E-state index is 12.0. The first kappa shape index (κ1) is 14.2. The van der Waals surface area contributed by atoms with E-state index in [1.165, 1.54) is 0 Å². The second kappa shape index (κ2) is 5.21. The van der Waals surface area contributed by atoms with Gasteiger partial charge in [0.25, 0.3) is 0 Å². The molecule has 1 rings (SSSR count). The molecular formula is C14H18O4. The van der Waals surface area contributed by atoms with Crippen LogP contribution in [0.4, 0.5) is 0 Å². The molecule has 4 heteroatoms. The summed E-state index contributed by atoms with van der Waals surface area (Å²) in [4.78, 5) is 23.0. The maximum absolute atomic E-state index is 12.0. The second-order valence-electron chi connectivity index (χ2n) is 5.15. The van der Waals surface area contributed by atoms with Gasteiger partial charge >= 0.3 is 11.9 Å². The van der Waals surface area contributed by atoms with Crippen LogP contribution in [0.3, 0.4) is 0 Å². The number of carbonyl (C=O) groups is 2. The lowest BCUT2D eigenvalue weighted by molar-refractivity contribution is -0.138. The molecule has 0 radical (unpaired) electrons. The van der Waals surface area contributed by atoms with E-state index in [0.29, 0.717) is 11.1 Å². The largest absolute Gasteiger partial charge is 0.481 e. The summed E-state index contributed by atoms with van der Waals surface area (Å²) in [6.07, 6.45) is 0. The van der Waals surface area contributed by atoms with Gasteiger partial charge in [0, 0.05) is 0 Å². The molecule has 1 aromatic rings. The minimum atomic E-state index is -0.967. The van der Waals surface area contributed by atoms with Gasteiger partial charge in [0.15, 0.2) is 0 Å². The summed E-state index contributed by atoms with van der Waals surface area (Å²) in [6, 6.07) is 6.63. The van der Waals surface area contributed by atoms with Crippen LogP contribution in [0.5, 0.6) is 0 Å². The fourth-order valence-electron chi connectivity index (χ4n) is 1.53. The quantitative estimate of drug-likeness (QED) is 0.838. The number of benzene rings is 1. The van der Waals surface area contributed by atoms with E-state index in [0.717, 1.165) is 0 Å². The molecule has 0 spiro atoms. The molecule has 0 fully saturated rings. The number of carbonyl (C=O) groups excluding carboxylic acids is 1. The average Bonchev–Trinajstić information content (AvgIpc) is 2.25. The molecule has 0 saturated carbocycles. The number of ether oxygens (including phenoxy) is 1. The molecule has 0 aliphatic heterocycles. The summed E-state index contributed by atoms with van der Waals surface area (Å²) in [5.41, 5.74) is 0.179. The third-order valence-corrected chi connectivity index (χ3v) is 2.42. The van der Waals surface area contributed by atoms with Crippen LogP contribution in [-0.2, 0) is 9.53 Å². The lowest BCUT2D eigenvalue weighted by Gasteiger charge is -2.21. The fourth-order valence-corrected chi connectivity index (χ4v) is 1.53. The molecular weight excluding hydrogens is 232 g/mol. The van der Waals surface area contributed by atoms with Gasteiger partial charge in [-0.15, -0.1) is 0 Å². The SMILES string of the molecule is CC(C(=O)O)c1ccccc1C(=O)OC(C)(C)C. The molecule has 1 atom stereocenters.